The van der Waals surface area contributed by atoms with Crippen LogP contribution in [0, 0.1) is 10.1 Å². The highest BCUT2D eigenvalue weighted by molar-refractivity contribution is 5.57. The molecular formula is C16H13F3N4O2. The number of hydrogen-bond donors (Lipinski definition) is 0. The molecule has 0 spiro atoms. The average molecular weight is 350 g/mol. The van der Waals surface area contributed by atoms with Crippen LogP contribution in [-0.4, -0.2) is 19.7 Å². The van der Waals surface area contributed by atoms with E-state index in [9.17, 15) is 23.3 Å². The molecule has 9 heteroatoms. The molecule has 0 atom stereocenters. The van der Waals surface area contributed by atoms with E-state index in [2.05, 4.69) is 10.1 Å². The lowest BCUT2D eigenvalue weighted by Crippen LogP contribution is -2.05. The smallest absolute Gasteiger partial charge is 0.258 e. The molecule has 130 valence electrons. The second-order valence-electron chi connectivity index (χ2n) is 4.86. The minimum absolute atomic E-state index is 0. The lowest BCUT2D eigenvalue weighted by Gasteiger charge is -2.07. The summed E-state index contributed by atoms with van der Waals surface area (Å²) in [7, 11) is 0. The van der Waals surface area contributed by atoms with Crippen molar-refractivity contribution in [2.75, 3.05) is 0 Å². The minimum Gasteiger partial charge on any atom is -0.258 e. The van der Waals surface area contributed by atoms with Crippen LogP contribution in [0.4, 0.5) is 18.9 Å². The maximum absolute atomic E-state index is 12.6. The molecule has 0 fully saturated rings. The van der Waals surface area contributed by atoms with Crippen molar-refractivity contribution in [3.8, 4) is 17.1 Å². The Bertz CT molecular complexity index is 872. The van der Waals surface area contributed by atoms with Crippen LogP contribution in [0.5, 0.6) is 0 Å². The summed E-state index contributed by atoms with van der Waals surface area (Å²) in [5, 5.41) is 14.8. The topological polar surface area (TPSA) is 73.8 Å². The molecule has 0 aliphatic heterocycles. The fourth-order valence-electron chi connectivity index (χ4n) is 2.06. The zero-order valence-electron chi connectivity index (χ0n) is 11.9. The van der Waals surface area contributed by atoms with Gasteiger partial charge in [0.1, 0.15) is 6.33 Å². The van der Waals surface area contributed by atoms with E-state index >= 15 is 0 Å². The molecule has 0 saturated carbocycles. The van der Waals surface area contributed by atoms with Crippen LogP contribution in [0.1, 0.15) is 13.0 Å². The van der Waals surface area contributed by atoms with Crippen LogP contribution in [0.3, 0.4) is 0 Å². The summed E-state index contributed by atoms with van der Waals surface area (Å²) in [4.78, 5) is 14.2. The van der Waals surface area contributed by atoms with Crippen molar-refractivity contribution >= 4 is 5.69 Å². The summed E-state index contributed by atoms with van der Waals surface area (Å²) in [5.74, 6) is 0.310. The van der Waals surface area contributed by atoms with E-state index < -0.39 is 16.7 Å². The molecule has 0 aliphatic carbocycles. The second kappa shape index (κ2) is 6.71. The quantitative estimate of drug-likeness (QED) is 0.515. The summed E-state index contributed by atoms with van der Waals surface area (Å²) in [6.07, 6.45) is -3.04. The van der Waals surface area contributed by atoms with E-state index in [0.717, 1.165) is 12.1 Å². The van der Waals surface area contributed by atoms with E-state index in [1.54, 1.807) is 0 Å². The lowest BCUT2D eigenvalue weighted by molar-refractivity contribution is -0.384. The number of halogens is 3. The first-order valence-electron chi connectivity index (χ1n) is 6.69. The van der Waals surface area contributed by atoms with Crippen LogP contribution < -0.4 is 0 Å². The Morgan fingerprint density at radius 2 is 1.60 bits per heavy atom. The van der Waals surface area contributed by atoms with Gasteiger partial charge < -0.3 is 0 Å². The molecule has 3 aromatic rings. The molecule has 0 saturated heterocycles. The number of nitrogens with zero attached hydrogens (tertiary/aromatic N) is 4. The summed E-state index contributed by atoms with van der Waals surface area (Å²) < 4.78 is 39.0. The molecular weight excluding hydrogens is 337 g/mol. The van der Waals surface area contributed by atoms with E-state index in [1.807, 2.05) is 0 Å². The average Bonchev–Trinajstić information content (AvgIpc) is 3.04. The van der Waals surface area contributed by atoms with Gasteiger partial charge in [0.05, 0.1) is 16.2 Å². The predicted octanol–water partition coefficient (Wildman–Crippen LogP) is 4.50. The molecule has 3 rings (SSSR count). The minimum atomic E-state index is -4.40. The Morgan fingerprint density at radius 1 is 1.00 bits per heavy atom. The van der Waals surface area contributed by atoms with Crippen molar-refractivity contribution in [3.05, 3.63) is 70.5 Å². The van der Waals surface area contributed by atoms with E-state index in [4.69, 9.17) is 0 Å². The standard InChI is InChI=1S/C15H9F3N4O2.CH4/c16-15(17,18)11-3-7-12(8-4-11)21-9-19-14(20-21)10-1-5-13(6-2-10)22(23)24;/h1-9H;1H4. The molecule has 0 amide bonds. The summed E-state index contributed by atoms with van der Waals surface area (Å²) in [5.41, 5.74) is 0.179. The fraction of sp³-hybridized carbons (Fsp3) is 0.125. The number of aromatic nitrogens is 3. The molecule has 0 radical (unpaired) electrons. The third-order valence-corrected chi connectivity index (χ3v) is 3.29. The zero-order valence-corrected chi connectivity index (χ0v) is 11.9. The van der Waals surface area contributed by atoms with Gasteiger partial charge in [-0.2, -0.15) is 13.2 Å². The molecule has 0 aliphatic rings. The van der Waals surface area contributed by atoms with Crippen LogP contribution in [0.15, 0.2) is 54.9 Å². The van der Waals surface area contributed by atoms with E-state index in [0.29, 0.717) is 17.1 Å². The first-order valence-corrected chi connectivity index (χ1v) is 6.69. The van der Waals surface area contributed by atoms with Crippen LogP contribution in [-0.2, 0) is 6.18 Å². The predicted molar refractivity (Wildman–Crippen MR) is 85.2 cm³/mol. The molecule has 1 aromatic heterocycles. The van der Waals surface area contributed by atoms with Gasteiger partial charge in [0, 0.05) is 17.7 Å². The SMILES string of the molecule is C.O=[N+]([O-])c1ccc(-c2ncn(-c3ccc(C(F)(F)F)cc3)n2)cc1. The summed E-state index contributed by atoms with van der Waals surface area (Å²) >= 11 is 0. The van der Waals surface area contributed by atoms with Gasteiger partial charge in [-0.05, 0) is 36.4 Å². The Hall–Kier alpha value is -3.23. The summed E-state index contributed by atoms with van der Waals surface area (Å²) in [6.45, 7) is 0. The van der Waals surface area contributed by atoms with Gasteiger partial charge in [-0.3, -0.25) is 10.1 Å². The van der Waals surface area contributed by atoms with Crippen molar-refractivity contribution in [2.45, 2.75) is 13.6 Å². The highest BCUT2D eigenvalue weighted by Gasteiger charge is 2.30. The van der Waals surface area contributed by atoms with Crippen molar-refractivity contribution < 1.29 is 18.1 Å². The van der Waals surface area contributed by atoms with Crippen LogP contribution >= 0.6 is 0 Å². The van der Waals surface area contributed by atoms with Gasteiger partial charge in [0.25, 0.3) is 5.69 Å². The third kappa shape index (κ3) is 3.82. The van der Waals surface area contributed by atoms with Gasteiger partial charge >= 0.3 is 6.18 Å². The molecule has 6 nitrogen and oxygen atoms in total. The Balaban J connectivity index is 0.00000225. The summed E-state index contributed by atoms with van der Waals surface area (Å²) in [6, 6.07) is 10.2. The Labute approximate surface area is 140 Å². The number of hydrogen-bond acceptors (Lipinski definition) is 4. The number of nitro benzene ring substituents is 1. The van der Waals surface area contributed by atoms with Gasteiger partial charge in [0.2, 0.25) is 0 Å². The van der Waals surface area contributed by atoms with Crippen molar-refractivity contribution in [1.29, 1.82) is 0 Å². The van der Waals surface area contributed by atoms with E-state index in [-0.39, 0.29) is 13.1 Å². The highest BCUT2D eigenvalue weighted by atomic mass is 19.4. The third-order valence-electron chi connectivity index (χ3n) is 3.29. The number of alkyl halides is 3. The molecule has 0 bridgehead atoms. The van der Waals surface area contributed by atoms with Crippen molar-refractivity contribution in [1.82, 2.24) is 14.8 Å². The van der Waals surface area contributed by atoms with Gasteiger partial charge in [0.15, 0.2) is 5.82 Å². The molecule has 0 unspecified atom stereocenters. The molecule has 2 aromatic carbocycles. The molecule has 0 N–H and O–H groups in total. The lowest BCUT2D eigenvalue weighted by atomic mass is 10.2. The van der Waals surface area contributed by atoms with Crippen molar-refractivity contribution in [2.24, 2.45) is 0 Å². The monoisotopic (exact) mass is 350 g/mol. The number of nitro groups is 1. The maximum Gasteiger partial charge on any atom is 0.416 e. The van der Waals surface area contributed by atoms with Gasteiger partial charge in [-0.25, -0.2) is 9.67 Å². The normalized spacial score (nSPS) is 11.0. The Kier molecular flexibility index (Phi) is 4.87. The maximum atomic E-state index is 12.6. The van der Waals surface area contributed by atoms with Gasteiger partial charge in [-0.15, -0.1) is 5.10 Å². The van der Waals surface area contributed by atoms with E-state index in [1.165, 1.54) is 47.4 Å². The molecule has 1 heterocycles. The second-order valence-corrected chi connectivity index (χ2v) is 4.86. The largest absolute Gasteiger partial charge is 0.416 e. The number of non-ortho nitro benzene ring substituents is 1. The number of benzene rings is 2. The van der Waals surface area contributed by atoms with Gasteiger partial charge in [-0.1, -0.05) is 7.43 Å². The van der Waals surface area contributed by atoms with Crippen LogP contribution in [0.2, 0.25) is 0 Å². The molecule has 25 heavy (non-hydrogen) atoms. The first-order chi connectivity index (χ1) is 11.3. The zero-order chi connectivity index (χ0) is 17.3. The van der Waals surface area contributed by atoms with Crippen LogP contribution in [0.25, 0.3) is 17.1 Å². The number of rotatable bonds is 3. The first kappa shape index (κ1) is 18.1. The van der Waals surface area contributed by atoms with Crippen molar-refractivity contribution in [3.63, 3.8) is 0 Å². The fourth-order valence-corrected chi connectivity index (χ4v) is 2.06. The highest BCUT2D eigenvalue weighted by Crippen LogP contribution is 2.29. The Morgan fingerprint density at radius 3 is 2.12 bits per heavy atom.